The highest BCUT2D eigenvalue weighted by atomic mass is 32.2. The number of phenolic OH excluding ortho intramolecular Hbond substituents is 1. The maximum Gasteiger partial charge on any atom is 0.339 e. The molecule has 0 aliphatic heterocycles. The predicted octanol–water partition coefficient (Wildman–Crippen LogP) is 5.14. The number of ether oxygens (including phenoxy) is 1. The molecule has 0 saturated carbocycles. The second-order valence-corrected chi connectivity index (χ2v) is 9.50. The Bertz CT molecular complexity index is 1470. The first-order chi connectivity index (χ1) is 17.7. The summed E-state index contributed by atoms with van der Waals surface area (Å²) in [6.45, 7) is 7.53. The van der Waals surface area contributed by atoms with Crippen LogP contribution in [-0.2, 0) is 21.3 Å². The minimum Gasteiger partial charge on any atom is -0.508 e. The van der Waals surface area contributed by atoms with Crippen molar-refractivity contribution in [3.63, 3.8) is 0 Å². The molecule has 3 rings (SSSR count). The number of rotatable bonds is 10. The maximum atomic E-state index is 13.0. The summed E-state index contributed by atoms with van der Waals surface area (Å²) in [7, 11) is -4.17. The number of hydrogen-bond donors (Lipinski definition) is 2. The third kappa shape index (κ3) is 6.99. The summed E-state index contributed by atoms with van der Waals surface area (Å²) < 4.78 is 37.2. The van der Waals surface area contributed by atoms with Gasteiger partial charge in [0, 0.05) is 11.3 Å². The van der Waals surface area contributed by atoms with Crippen molar-refractivity contribution in [1.29, 1.82) is 5.26 Å². The lowest BCUT2D eigenvalue weighted by molar-refractivity contribution is -0.112. The van der Waals surface area contributed by atoms with Gasteiger partial charge in [-0.15, -0.1) is 6.58 Å². The summed E-state index contributed by atoms with van der Waals surface area (Å²) >= 11 is 0. The molecule has 0 unspecified atom stereocenters. The molecule has 3 aromatic carbocycles. The highest BCUT2D eigenvalue weighted by Gasteiger charge is 2.23. The van der Waals surface area contributed by atoms with Crippen LogP contribution in [0.25, 0.3) is 6.08 Å². The van der Waals surface area contributed by atoms with Gasteiger partial charge in [0.1, 0.15) is 22.3 Å². The van der Waals surface area contributed by atoms with Gasteiger partial charge >= 0.3 is 10.1 Å². The maximum absolute atomic E-state index is 13.0. The predicted molar refractivity (Wildman–Crippen MR) is 141 cm³/mol. The Morgan fingerprint density at radius 2 is 1.81 bits per heavy atom. The zero-order valence-corrected chi connectivity index (χ0v) is 21.2. The molecule has 2 N–H and O–H groups in total. The van der Waals surface area contributed by atoms with Crippen LogP contribution in [0.5, 0.6) is 17.2 Å². The number of nitrogens with one attached hydrogen (secondary N) is 1. The Kier molecular flexibility index (Phi) is 8.72. The molecule has 0 saturated heterocycles. The molecule has 0 radical (unpaired) electrons. The monoisotopic (exact) mass is 518 g/mol. The van der Waals surface area contributed by atoms with Crippen LogP contribution in [0.2, 0.25) is 0 Å². The molecule has 0 bridgehead atoms. The SMILES string of the molecule is C=CCc1cc(/C=C(\C#N)C(=O)Nc2ccc(O)cc2)cc(OCC)c1OS(=O)(=O)c1ccc(C)cc1. The van der Waals surface area contributed by atoms with Gasteiger partial charge in [-0.3, -0.25) is 4.79 Å². The number of hydrogen-bond acceptors (Lipinski definition) is 7. The molecular formula is C28H26N2O6S. The van der Waals surface area contributed by atoms with Crippen molar-refractivity contribution in [1.82, 2.24) is 0 Å². The highest BCUT2D eigenvalue weighted by molar-refractivity contribution is 7.87. The molecule has 190 valence electrons. The smallest absolute Gasteiger partial charge is 0.339 e. The largest absolute Gasteiger partial charge is 0.508 e. The van der Waals surface area contributed by atoms with E-state index in [9.17, 15) is 23.6 Å². The van der Waals surface area contributed by atoms with Gasteiger partial charge < -0.3 is 19.3 Å². The molecule has 0 aliphatic carbocycles. The van der Waals surface area contributed by atoms with E-state index >= 15 is 0 Å². The van der Waals surface area contributed by atoms with Crippen LogP contribution < -0.4 is 14.2 Å². The molecule has 0 fully saturated rings. The number of aromatic hydroxyl groups is 1. The van der Waals surface area contributed by atoms with E-state index in [-0.39, 0.29) is 40.7 Å². The third-order valence-corrected chi connectivity index (χ3v) is 6.36. The van der Waals surface area contributed by atoms with Crippen LogP contribution in [0, 0.1) is 18.3 Å². The Morgan fingerprint density at radius 3 is 2.41 bits per heavy atom. The number of amides is 1. The van der Waals surface area contributed by atoms with E-state index in [4.69, 9.17) is 8.92 Å². The quantitative estimate of drug-likeness (QED) is 0.125. The molecule has 9 heteroatoms. The number of anilines is 1. The molecule has 3 aromatic rings. The Morgan fingerprint density at radius 1 is 1.14 bits per heavy atom. The Labute approximate surface area is 216 Å². The second kappa shape index (κ2) is 11.9. The minimum absolute atomic E-state index is 0.00604. The molecule has 0 aromatic heterocycles. The van der Waals surface area contributed by atoms with Gasteiger partial charge in [-0.25, -0.2) is 0 Å². The topological polar surface area (TPSA) is 126 Å². The number of carbonyl (C=O) groups excluding carboxylic acids is 1. The minimum atomic E-state index is -4.17. The lowest BCUT2D eigenvalue weighted by atomic mass is 10.0. The zero-order valence-electron chi connectivity index (χ0n) is 20.4. The number of nitrogens with zero attached hydrogens (tertiary/aromatic N) is 1. The number of benzene rings is 3. The van der Waals surface area contributed by atoms with Crippen molar-refractivity contribution in [2.75, 3.05) is 11.9 Å². The normalized spacial score (nSPS) is 11.3. The van der Waals surface area contributed by atoms with Gasteiger partial charge in [-0.05, 0) is 80.4 Å². The number of allylic oxidation sites excluding steroid dienone is 1. The van der Waals surface area contributed by atoms with E-state index in [1.807, 2.05) is 13.0 Å². The molecule has 1 amide bonds. The Balaban J connectivity index is 2.01. The first-order valence-electron chi connectivity index (χ1n) is 11.3. The summed E-state index contributed by atoms with van der Waals surface area (Å²) in [6, 6.07) is 17.1. The molecule has 0 aliphatic rings. The average Bonchev–Trinajstić information content (AvgIpc) is 2.86. The lowest BCUT2D eigenvalue weighted by Gasteiger charge is -2.16. The fourth-order valence-electron chi connectivity index (χ4n) is 3.35. The van der Waals surface area contributed by atoms with Crippen molar-refractivity contribution in [3.8, 4) is 23.3 Å². The summed E-state index contributed by atoms with van der Waals surface area (Å²) in [5, 5.41) is 21.6. The van der Waals surface area contributed by atoms with E-state index in [0.29, 0.717) is 16.8 Å². The molecule has 8 nitrogen and oxygen atoms in total. The summed E-state index contributed by atoms with van der Waals surface area (Å²) in [5.41, 5.74) is 1.98. The number of phenols is 1. The zero-order chi connectivity index (χ0) is 27.0. The first kappa shape index (κ1) is 27.0. The average molecular weight is 519 g/mol. The molecule has 0 heterocycles. The van der Waals surface area contributed by atoms with Crippen molar-refractivity contribution in [2.24, 2.45) is 0 Å². The van der Waals surface area contributed by atoms with Crippen molar-refractivity contribution < 1.29 is 27.2 Å². The summed E-state index contributed by atoms with van der Waals surface area (Å²) in [4.78, 5) is 12.7. The van der Waals surface area contributed by atoms with Crippen LogP contribution in [0.1, 0.15) is 23.6 Å². The lowest BCUT2D eigenvalue weighted by Crippen LogP contribution is -2.14. The van der Waals surface area contributed by atoms with Crippen LogP contribution in [0.15, 0.2) is 83.8 Å². The fraction of sp³-hybridized carbons (Fsp3) is 0.143. The summed E-state index contributed by atoms with van der Waals surface area (Å²) in [5.74, 6) is -0.468. The van der Waals surface area contributed by atoms with Crippen LogP contribution in [-0.4, -0.2) is 26.0 Å². The second-order valence-electron chi connectivity index (χ2n) is 7.95. The van der Waals surface area contributed by atoms with E-state index in [1.54, 1.807) is 31.2 Å². The third-order valence-electron chi connectivity index (χ3n) is 5.12. The molecule has 0 spiro atoms. The van der Waals surface area contributed by atoms with Gasteiger partial charge in [-0.1, -0.05) is 23.8 Å². The van der Waals surface area contributed by atoms with Gasteiger partial charge in [0.2, 0.25) is 0 Å². The van der Waals surface area contributed by atoms with E-state index in [0.717, 1.165) is 5.56 Å². The van der Waals surface area contributed by atoms with E-state index in [1.165, 1.54) is 48.5 Å². The standard InChI is InChI=1S/C28H26N2O6S/c1-4-6-21-15-20(16-22(18-29)28(32)30-23-9-11-24(31)12-10-23)17-26(35-5-2)27(21)36-37(33,34)25-13-7-19(3)8-14-25/h4,7-17,31H,1,5-6H2,2-3H3,(H,30,32)/b22-16+. The van der Waals surface area contributed by atoms with Crippen LogP contribution in [0.3, 0.4) is 0 Å². The fourth-order valence-corrected chi connectivity index (χ4v) is 4.33. The van der Waals surface area contributed by atoms with Gasteiger partial charge in [0.15, 0.2) is 11.5 Å². The van der Waals surface area contributed by atoms with Gasteiger partial charge in [0.05, 0.1) is 6.61 Å². The van der Waals surface area contributed by atoms with Gasteiger partial charge in [0.25, 0.3) is 5.91 Å². The number of carbonyl (C=O) groups is 1. The highest BCUT2D eigenvalue weighted by Crippen LogP contribution is 2.37. The van der Waals surface area contributed by atoms with E-state index < -0.39 is 16.0 Å². The van der Waals surface area contributed by atoms with E-state index in [2.05, 4.69) is 11.9 Å². The number of nitriles is 1. The van der Waals surface area contributed by atoms with Crippen molar-refractivity contribution in [2.45, 2.75) is 25.2 Å². The summed E-state index contributed by atoms with van der Waals surface area (Å²) in [6.07, 6.45) is 3.18. The van der Waals surface area contributed by atoms with Gasteiger partial charge in [-0.2, -0.15) is 13.7 Å². The first-order valence-corrected chi connectivity index (χ1v) is 12.7. The molecule has 0 atom stereocenters. The van der Waals surface area contributed by atoms with Crippen LogP contribution in [0.4, 0.5) is 5.69 Å². The number of aryl methyl sites for hydroxylation is 1. The molecular weight excluding hydrogens is 492 g/mol. The molecule has 37 heavy (non-hydrogen) atoms. The van der Waals surface area contributed by atoms with Crippen molar-refractivity contribution in [3.05, 3.63) is 95.6 Å². The van der Waals surface area contributed by atoms with Crippen molar-refractivity contribution >= 4 is 27.8 Å². The Hall–Kier alpha value is -4.55. The van der Waals surface area contributed by atoms with Crippen LogP contribution >= 0.6 is 0 Å².